The number of hydrogen-bond acceptors (Lipinski definition) is 7. The number of sulfone groups is 1. The van der Waals surface area contributed by atoms with E-state index in [4.69, 9.17) is 5.73 Å². The number of carbonyl (C=O) groups is 1. The van der Waals surface area contributed by atoms with Crippen LogP contribution in [0.15, 0.2) is 23.1 Å². The molecule has 1 aromatic rings. The summed E-state index contributed by atoms with van der Waals surface area (Å²) in [5, 5.41) is 11.4. The van der Waals surface area contributed by atoms with Crippen molar-refractivity contribution in [2.24, 2.45) is 5.73 Å². The van der Waals surface area contributed by atoms with Crippen LogP contribution >= 0.6 is 12.4 Å². The van der Waals surface area contributed by atoms with Crippen LogP contribution in [-0.4, -0.2) is 62.1 Å². The lowest BCUT2D eigenvalue weighted by molar-refractivity contribution is -0.384. The lowest BCUT2D eigenvalue weighted by Crippen LogP contribution is -2.57. The summed E-state index contributed by atoms with van der Waals surface area (Å²) >= 11 is 0. The number of halogens is 1. The summed E-state index contributed by atoms with van der Waals surface area (Å²) in [4.78, 5) is 26.3. The highest BCUT2D eigenvalue weighted by molar-refractivity contribution is 7.90. The van der Waals surface area contributed by atoms with Crippen LogP contribution in [0, 0.1) is 10.1 Å². The Balaban J connectivity index is 0.00000338. The lowest BCUT2D eigenvalue weighted by atomic mass is 10.0. The van der Waals surface area contributed by atoms with Crippen molar-refractivity contribution in [2.45, 2.75) is 24.3 Å². The van der Waals surface area contributed by atoms with Crippen LogP contribution in [0.1, 0.15) is 13.8 Å². The number of anilines is 1. The number of benzene rings is 1. The molecule has 11 heteroatoms. The van der Waals surface area contributed by atoms with E-state index in [-0.39, 0.29) is 28.9 Å². The summed E-state index contributed by atoms with van der Waals surface area (Å²) in [5.41, 5.74) is 4.94. The molecule has 146 valence electrons. The zero-order valence-electron chi connectivity index (χ0n) is 14.8. The van der Waals surface area contributed by atoms with Crippen molar-refractivity contribution in [1.82, 2.24) is 4.90 Å². The summed E-state index contributed by atoms with van der Waals surface area (Å²) in [6, 6.07) is 3.88. The second-order valence-electron chi connectivity index (χ2n) is 6.68. The SMILES string of the molecule is CC(C)(N)C(=O)N1CCN(c2ccc(S(C)(=O)=O)cc2[N+](=O)[O-])CC1.Cl. The first-order valence-electron chi connectivity index (χ1n) is 7.73. The first-order valence-corrected chi connectivity index (χ1v) is 9.62. The van der Waals surface area contributed by atoms with E-state index >= 15 is 0 Å². The molecule has 0 radical (unpaired) electrons. The topological polar surface area (TPSA) is 127 Å². The van der Waals surface area contributed by atoms with Crippen molar-refractivity contribution in [2.75, 3.05) is 37.3 Å². The van der Waals surface area contributed by atoms with Crippen LogP contribution in [0.2, 0.25) is 0 Å². The normalized spacial score (nSPS) is 15.4. The van der Waals surface area contributed by atoms with Crippen molar-refractivity contribution < 1.29 is 18.1 Å². The Hall–Kier alpha value is -1.91. The van der Waals surface area contributed by atoms with E-state index in [0.29, 0.717) is 31.9 Å². The number of hydrogen-bond donors (Lipinski definition) is 1. The fraction of sp³-hybridized carbons (Fsp3) is 0.533. The number of nitro groups is 1. The molecule has 1 heterocycles. The van der Waals surface area contributed by atoms with Crippen LogP contribution in [0.4, 0.5) is 11.4 Å². The summed E-state index contributed by atoms with van der Waals surface area (Å²) < 4.78 is 23.2. The predicted octanol–water partition coefficient (Wildman–Crippen LogP) is 0.806. The van der Waals surface area contributed by atoms with Gasteiger partial charge in [0.15, 0.2) is 9.84 Å². The van der Waals surface area contributed by atoms with Crippen LogP contribution in [0.3, 0.4) is 0 Å². The third-order valence-corrected chi connectivity index (χ3v) is 5.14. The fourth-order valence-electron chi connectivity index (χ4n) is 2.71. The third-order valence-electron chi connectivity index (χ3n) is 4.03. The smallest absolute Gasteiger partial charge is 0.293 e. The molecule has 1 saturated heterocycles. The summed E-state index contributed by atoms with van der Waals surface area (Å²) in [6.07, 6.45) is 1.00. The molecule has 0 atom stereocenters. The molecule has 0 saturated carbocycles. The number of rotatable bonds is 4. The second-order valence-corrected chi connectivity index (χ2v) is 8.70. The highest BCUT2D eigenvalue weighted by Gasteiger charge is 2.32. The van der Waals surface area contributed by atoms with Gasteiger partial charge in [-0.3, -0.25) is 14.9 Å². The first kappa shape index (κ1) is 22.1. The molecule has 0 unspecified atom stereocenters. The van der Waals surface area contributed by atoms with Gasteiger partial charge < -0.3 is 15.5 Å². The van der Waals surface area contributed by atoms with Gasteiger partial charge in [0.2, 0.25) is 5.91 Å². The Kier molecular flexibility index (Phi) is 6.61. The minimum Gasteiger partial charge on any atom is -0.362 e. The van der Waals surface area contributed by atoms with Crippen molar-refractivity contribution in [1.29, 1.82) is 0 Å². The Labute approximate surface area is 158 Å². The zero-order chi connectivity index (χ0) is 19.0. The number of carbonyl (C=O) groups excluding carboxylic acids is 1. The molecule has 1 aliphatic heterocycles. The Morgan fingerprint density at radius 1 is 1.23 bits per heavy atom. The van der Waals surface area contributed by atoms with Gasteiger partial charge in [0.05, 0.1) is 15.4 Å². The van der Waals surface area contributed by atoms with Crippen LogP contribution in [0.25, 0.3) is 0 Å². The monoisotopic (exact) mass is 406 g/mol. The molecule has 0 spiro atoms. The zero-order valence-corrected chi connectivity index (χ0v) is 16.5. The van der Waals surface area contributed by atoms with Gasteiger partial charge in [-0.1, -0.05) is 0 Å². The third kappa shape index (κ3) is 4.83. The van der Waals surface area contributed by atoms with Gasteiger partial charge in [0.25, 0.3) is 5.69 Å². The Bertz CT molecular complexity index is 799. The molecule has 0 aliphatic carbocycles. The average molecular weight is 407 g/mol. The van der Waals surface area contributed by atoms with Crippen molar-refractivity contribution >= 4 is 39.5 Å². The molecule has 2 N–H and O–H groups in total. The first-order chi connectivity index (χ1) is 11.4. The summed E-state index contributed by atoms with van der Waals surface area (Å²) in [7, 11) is -3.53. The van der Waals surface area contributed by atoms with Crippen LogP contribution in [-0.2, 0) is 14.6 Å². The minimum atomic E-state index is -3.53. The lowest BCUT2D eigenvalue weighted by Gasteiger charge is -2.38. The molecule has 1 aliphatic rings. The maximum absolute atomic E-state index is 12.2. The minimum absolute atomic E-state index is 0. The quantitative estimate of drug-likeness (QED) is 0.578. The number of amides is 1. The molecular weight excluding hydrogens is 384 g/mol. The largest absolute Gasteiger partial charge is 0.362 e. The number of nitrogens with two attached hydrogens (primary N) is 1. The van der Waals surface area contributed by atoms with Gasteiger partial charge in [-0.25, -0.2) is 8.42 Å². The van der Waals surface area contributed by atoms with E-state index in [0.717, 1.165) is 12.3 Å². The van der Waals surface area contributed by atoms with Crippen molar-refractivity contribution in [3.8, 4) is 0 Å². The molecule has 1 amide bonds. The fourth-order valence-corrected chi connectivity index (χ4v) is 3.35. The van der Waals surface area contributed by atoms with E-state index in [9.17, 15) is 23.3 Å². The van der Waals surface area contributed by atoms with E-state index in [1.54, 1.807) is 23.6 Å². The van der Waals surface area contributed by atoms with E-state index in [1.165, 1.54) is 12.1 Å². The van der Waals surface area contributed by atoms with Gasteiger partial charge in [-0.2, -0.15) is 0 Å². The van der Waals surface area contributed by atoms with Gasteiger partial charge >= 0.3 is 0 Å². The highest BCUT2D eigenvalue weighted by atomic mass is 35.5. The second kappa shape index (κ2) is 7.77. The highest BCUT2D eigenvalue weighted by Crippen LogP contribution is 2.31. The molecule has 1 aromatic carbocycles. The van der Waals surface area contributed by atoms with Gasteiger partial charge in [0.1, 0.15) is 5.69 Å². The number of piperazine rings is 1. The molecule has 26 heavy (non-hydrogen) atoms. The molecule has 0 bridgehead atoms. The van der Waals surface area contributed by atoms with Gasteiger partial charge in [-0.15, -0.1) is 12.4 Å². The van der Waals surface area contributed by atoms with Crippen molar-refractivity contribution in [3.05, 3.63) is 28.3 Å². The Morgan fingerprint density at radius 3 is 2.19 bits per heavy atom. The summed E-state index contributed by atoms with van der Waals surface area (Å²) in [6.45, 7) is 4.86. The number of nitrogens with zero attached hydrogens (tertiary/aromatic N) is 3. The molecule has 1 fully saturated rings. The molecule has 2 rings (SSSR count). The number of nitro benzene ring substituents is 1. The van der Waals surface area contributed by atoms with Crippen LogP contribution in [0.5, 0.6) is 0 Å². The van der Waals surface area contributed by atoms with Crippen molar-refractivity contribution in [3.63, 3.8) is 0 Å². The summed E-state index contributed by atoms with van der Waals surface area (Å²) in [5.74, 6) is -0.172. The van der Waals surface area contributed by atoms with E-state index < -0.39 is 20.3 Å². The van der Waals surface area contributed by atoms with E-state index in [2.05, 4.69) is 0 Å². The molecular formula is C15H23ClN4O5S. The maximum atomic E-state index is 12.2. The van der Waals surface area contributed by atoms with Gasteiger partial charge in [0, 0.05) is 38.5 Å². The standard InChI is InChI=1S/C15H22N4O5S.ClH/c1-15(2,16)14(20)18-8-6-17(7-9-18)12-5-4-11(25(3,23)24)10-13(12)19(21)22;/h4-5,10H,6-9,16H2,1-3H3;1H. The Morgan fingerprint density at radius 2 is 1.77 bits per heavy atom. The van der Waals surface area contributed by atoms with Gasteiger partial charge in [-0.05, 0) is 26.0 Å². The average Bonchev–Trinajstić information content (AvgIpc) is 2.52. The van der Waals surface area contributed by atoms with Crippen LogP contribution < -0.4 is 10.6 Å². The molecule has 9 nitrogen and oxygen atoms in total. The van der Waals surface area contributed by atoms with E-state index in [1.807, 2.05) is 0 Å². The predicted molar refractivity (Wildman–Crippen MR) is 101 cm³/mol. The molecule has 0 aromatic heterocycles. The maximum Gasteiger partial charge on any atom is 0.293 e.